The molecule has 0 spiro atoms. The summed E-state index contributed by atoms with van der Waals surface area (Å²) < 4.78 is 0. The number of anilines is 1. The summed E-state index contributed by atoms with van der Waals surface area (Å²) in [4.78, 5) is 42.7. The Hall–Kier alpha value is -5.09. The number of fused-ring (bicyclic) bond motifs is 2. The van der Waals surface area contributed by atoms with Gasteiger partial charge in [-0.15, -0.1) is 0 Å². The van der Waals surface area contributed by atoms with Crippen LogP contribution in [0.3, 0.4) is 0 Å². The number of amidine groups is 1. The number of aromatic amines is 1. The zero-order valence-electron chi connectivity index (χ0n) is 24.5. The van der Waals surface area contributed by atoms with E-state index in [1.807, 2.05) is 70.5 Å². The van der Waals surface area contributed by atoms with Crippen molar-refractivity contribution in [3.05, 3.63) is 88.9 Å². The lowest BCUT2D eigenvalue weighted by Crippen LogP contribution is -2.23. The molecule has 0 saturated carbocycles. The Morgan fingerprint density at radius 1 is 1.19 bits per heavy atom. The quantitative estimate of drug-likeness (QED) is 0.106. The topological polar surface area (TPSA) is 141 Å². The highest BCUT2D eigenvalue weighted by atomic mass is 16.2. The maximum absolute atomic E-state index is 13.4. The molecule has 4 aromatic rings. The van der Waals surface area contributed by atoms with E-state index in [-0.39, 0.29) is 11.9 Å². The number of carbonyl (C=O) groups is 2. The molecule has 2 aromatic heterocycles. The lowest BCUT2D eigenvalue weighted by molar-refractivity contribution is -0.104. The van der Waals surface area contributed by atoms with Crippen molar-refractivity contribution >= 4 is 46.6 Å². The van der Waals surface area contributed by atoms with Gasteiger partial charge in [0.1, 0.15) is 12.1 Å². The molecule has 1 amide bonds. The summed E-state index contributed by atoms with van der Waals surface area (Å²) in [5.41, 5.74) is 13.4. The third-order valence-electron chi connectivity index (χ3n) is 6.90. The van der Waals surface area contributed by atoms with Gasteiger partial charge >= 0.3 is 0 Å². The number of para-hydroxylation sites is 1. The van der Waals surface area contributed by atoms with Gasteiger partial charge in [-0.2, -0.15) is 4.99 Å². The van der Waals surface area contributed by atoms with E-state index in [2.05, 4.69) is 37.5 Å². The van der Waals surface area contributed by atoms with Crippen molar-refractivity contribution in [2.75, 3.05) is 25.5 Å². The Morgan fingerprint density at radius 2 is 1.95 bits per heavy atom. The molecular formula is C32H36N8O2. The number of nitrogens with two attached hydrogens (primary N) is 1. The third kappa shape index (κ3) is 6.29. The molecule has 42 heavy (non-hydrogen) atoms. The van der Waals surface area contributed by atoms with Gasteiger partial charge < -0.3 is 26.3 Å². The van der Waals surface area contributed by atoms with E-state index in [1.165, 1.54) is 6.08 Å². The number of aryl methyl sites for hydroxylation is 1. The molecule has 0 bridgehead atoms. The minimum atomic E-state index is -0.0831. The van der Waals surface area contributed by atoms with E-state index in [4.69, 9.17) is 5.73 Å². The van der Waals surface area contributed by atoms with Crippen LogP contribution < -0.4 is 21.3 Å². The zero-order chi connectivity index (χ0) is 30.2. The van der Waals surface area contributed by atoms with Crippen molar-refractivity contribution in [3.8, 4) is 11.3 Å². The predicted octanol–water partition coefficient (Wildman–Crippen LogP) is 4.64. The van der Waals surface area contributed by atoms with Gasteiger partial charge in [0.15, 0.2) is 0 Å². The summed E-state index contributed by atoms with van der Waals surface area (Å²) in [6.07, 6.45) is 9.23. The van der Waals surface area contributed by atoms with Crippen molar-refractivity contribution in [2.24, 2.45) is 10.7 Å². The predicted molar refractivity (Wildman–Crippen MR) is 170 cm³/mol. The Balaban J connectivity index is 0.000000952. The number of H-pyrrole nitrogens is 1. The van der Waals surface area contributed by atoms with Crippen molar-refractivity contribution in [2.45, 2.75) is 27.3 Å². The third-order valence-corrected chi connectivity index (χ3v) is 6.90. The molecular weight excluding hydrogens is 528 g/mol. The Kier molecular flexibility index (Phi) is 9.61. The van der Waals surface area contributed by atoms with Gasteiger partial charge in [-0.3, -0.25) is 9.59 Å². The minimum absolute atomic E-state index is 0.0831. The summed E-state index contributed by atoms with van der Waals surface area (Å²) in [7, 11) is 3.74. The number of aromatic nitrogens is 3. The van der Waals surface area contributed by atoms with E-state index in [9.17, 15) is 9.59 Å². The molecule has 1 aliphatic rings. The first kappa shape index (κ1) is 29.9. The number of benzene rings is 2. The molecule has 0 saturated heterocycles. The fourth-order valence-corrected chi connectivity index (χ4v) is 4.61. The number of nitrogens with one attached hydrogen (secondary N) is 3. The van der Waals surface area contributed by atoms with Crippen molar-refractivity contribution in [3.63, 3.8) is 0 Å². The van der Waals surface area contributed by atoms with E-state index < -0.39 is 0 Å². The monoisotopic (exact) mass is 564 g/mol. The summed E-state index contributed by atoms with van der Waals surface area (Å²) in [5.74, 6) is 0.470. The smallest absolute Gasteiger partial charge is 0.259 e. The number of carbonyl (C=O) groups excluding carboxylic acids is 2. The number of hydrogen-bond acceptors (Lipinski definition) is 7. The van der Waals surface area contributed by atoms with Crippen LogP contribution in [0, 0.1) is 6.92 Å². The van der Waals surface area contributed by atoms with Gasteiger partial charge in [0, 0.05) is 41.7 Å². The number of amides is 1. The maximum Gasteiger partial charge on any atom is 0.259 e. The molecule has 2 aromatic carbocycles. The zero-order valence-corrected chi connectivity index (χ0v) is 24.5. The lowest BCUT2D eigenvalue weighted by atomic mass is 10.0. The molecule has 0 fully saturated rings. The number of nitrogens with zero attached hydrogens (tertiary/aromatic N) is 4. The first-order valence-corrected chi connectivity index (χ1v) is 13.7. The van der Waals surface area contributed by atoms with Crippen LogP contribution in [0.4, 0.5) is 11.6 Å². The highest BCUT2D eigenvalue weighted by molar-refractivity contribution is 6.15. The molecule has 10 nitrogen and oxygen atoms in total. The first-order chi connectivity index (χ1) is 20.3. The van der Waals surface area contributed by atoms with Gasteiger partial charge in [-0.25, -0.2) is 9.97 Å². The van der Waals surface area contributed by atoms with Gasteiger partial charge in [0.05, 0.1) is 23.4 Å². The highest BCUT2D eigenvalue weighted by Gasteiger charge is 2.31. The molecule has 0 radical (unpaired) electrons. The number of aliphatic imine (C=N–C) groups is 1. The summed E-state index contributed by atoms with van der Waals surface area (Å²) in [6, 6.07) is 11.4. The summed E-state index contributed by atoms with van der Waals surface area (Å²) >= 11 is 0. The number of aldehydes is 1. The van der Waals surface area contributed by atoms with Crippen molar-refractivity contribution in [1.82, 2.24) is 25.6 Å². The fraction of sp³-hybridized carbons (Fsp3) is 0.219. The van der Waals surface area contributed by atoms with Gasteiger partial charge in [0.25, 0.3) is 11.9 Å². The second-order valence-corrected chi connectivity index (χ2v) is 9.68. The second kappa shape index (κ2) is 13.5. The molecule has 0 aliphatic carbocycles. The first-order valence-electron chi connectivity index (χ1n) is 13.7. The molecule has 0 atom stereocenters. The fourth-order valence-electron chi connectivity index (χ4n) is 4.61. The average Bonchev–Trinajstić information content (AvgIpc) is 3.58. The molecule has 5 N–H and O–H groups in total. The second-order valence-electron chi connectivity index (χ2n) is 9.68. The van der Waals surface area contributed by atoms with Crippen LogP contribution in [0.2, 0.25) is 0 Å². The van der Waals surface area contributed by atoms with Gasteiger partial charge in [-0.05, 0) is 68.4 Å². The molecule has 1 aliphatic heterocycles. The van der Waals surface area contributed by atoms with Crippen molar-refractivity contribution < 1.29 is 9.59 Å². The maximum atomic E-state index is 13.4. The SMILES string of the molecule is CCNC.CN/C(C)=C\C(N)=N/c1ncc(C)c(-c2c[nH]c3c(N4Cc5c(/C=C/C=O)cccc5C4=O)cccc23)n1. The van der Waals surface area contributed by atoms with Crippen LogP contribution in [0.5, 0.6) is 0 Å². The highest BCUT2D eigenvalue weighted by Crippen LogP contribution is 2.38. The Labute approximate surface area is 245 Å². The summed E-state index contributed by atoms with van der Waals surface area (Å²) in [6.45, 7) is 7.37. The van der Waals surface area contributed by atoms with Crippen LogP contribution in [0.1, 0.15) is 40.9 Å². The molecule has 3 heterocycles. The molecule has 216 valence electrons. The van der Waals surface area contributed by atoms with E-state index in [0.29, 0.717) is 17.9 Å². The van der Waals surface area contributed by atoms with Crippen molar-refractivity contribution in [1.29, 1.82) is 0 Å². The average molecular weight is 565 g/mol. The Morgan fingerprint density at radius 3 is 2.67 bits per heavy atom. The lowest BCUT2D eigenvalue weighted by Gasteiger charge is -2.17. The van der Waals surface area contributed by atoms with Crippen LogP contribution in [0.15, 0.2) is 71.6 Å². The molecule has 5 rings (SSSR count). The van der Waals surface area contributed by atoms with Crippen LogP contribution in [-0.4, -0.2) is 53.6 Å². The van der Waals surface area contributed by atoms with E-state index in [0.717, 1.165) is 63.1 Å². The van der Waals surface area contributed by atoms with Gasteiger partial charge in [0.2, 0.25) is 0 Å². The molecule has 10 heteroatoms. The van der Waals surface area contributed by atoms with Crippen LogP contribution in [-0.2, 0) is 11.3 Å². The summed E-state index contributed by atoms with van der Waals surface area (Å²) in [5, 5.41) is 6.85. The standard InChI is InChI=1S/C29H27N7O2.C3H9N/c1-17-14-33-29(34-25(30)13-18(2)31-3)35-26(17)22-15-32-27-20(22)9-5-11-24(27)36-16-23-19(8-6-12-37)7-4-10-21(23)28(36)38;1-3-4-2/h4-15,31-32H,16H2,1-3H3,(H2,30,33,34,35);4H,3H2,1-2H3/b8-6+,18-13-;. The van der Waals surface area contributed by atoms with E-state index >= 15 is 0 Å². The number of allylic oxidation sites excluding steroid dienone is 2. The van der Waals surface area contributed by atoms with Crippen LogP contribution >= 0.6 is 0 Å². The number of hydrogen-bond donors (Lipinski definition) is 4. The Bertz CT molecular complexity index is 1700. The minimum Gasteiger partial charge on any atom is -0.392 e. The normalized spacial score (nSPS) is 13.4. The van der Waals surface area contributed by atoms with Gasteiger partial charge in [-0.1, -0.05) is 37.3 Å². The van der Waals surface area contributed by atoms with E-state index in [1.54, 1.807) is 23.2 Å². The number of rotatable bonds is 8. The van der Waals surface area contributed by atoms with Crippen LogP contribution in [0.25, 0.3) is 28.2 Å². The largest absolute Gasteiger partial charge is 0.392 e. The molecule has 0 unspecified atom stereocenters.